The van der Waals surface area contributed by atoms with Crippen molar-refractivity contribution < 1.29 is 0 Å². The second-order valence-corrected chi connectivity index (χ2v) is 4.58. The van der Waals surface area contributed by atoms with E-state index >= 15 is 0 Å². The van der Waals surface area contributed by atoms with E-state index in [2.05, 4.69) is 60.0 Å². The Labute approximate surface area is 94.2 Å². The van der Waals surface area contributed by atoms with Crippen LogP contribution in [0.15, 0.2) is 22.7 Å². The summed E-state index contributed by atoms with van der Waals surface area (Å²) in [6.07, 6.45) is 0. The van der Waals surface area contributed by atoms with Gasteiger partial charge in [0.1, 0.15) is 0 Å². The second kappa shape index (κ2) is 4.91. The molecule has 78 valence electrons. The molecule has 2 N–H and O–H groups in total. The lowest BCUT2D eigenvalue weighted by Crippen LogP contribution is -2.27. The van der Waals surface area contributed by atoms with Crippen LogP contribution >= 0.6 is 15.9 Å². The summed E-state index contributed by atoms with van der Waals surface area (Å²) in [4.78, 5) is 2.14. The van der Waals surface area contributed by atoms with E-state index in [-0.39, 0.29) is 0 Å². The Morgan fingerprint density at radius 3 is 2.50 bits per heavy atom. The van der Waals surface area contributed by atoms with Gasteiger partial charge < -0.3 is 10.6 Å². The van der Waals surface area contributed by atoms with Gasteiger partial charge in [0.25, 0.3) is 0 Å². The Balaban J connectivity index is 3.00. The van der Waals surface area contributed by atoms with Crippen molar-refractivity contribution in [3.63, 3.8) is 0 Å². The zero-order valence-electron chi connectivity index (χ0n) is 8.92. The number of benzene rings is 1. The molecule has 0 fully saturated rings. The first-order valence-corrected chi connectivity index (χ1v) is 5.48. The van der Waals surface area contributed by atoms with E-state index in [4.69, 9.17) is 5.73 Å². The van der Waals surface area contributed by atoms with Gasteiger partial charge in [0.05, 0.1) is 0 Å². The Hall–Kier alpha value is -0.380. The first-order chi connectivity index (χ1) is 6.56. The zero-order chi connectivity index (χ0) is 10.7. The van der Waals surface area contributed by atoms with Gasteiger partial charge in [-0.05, 0) is 38.2 Å². The van der Waals surface area contributed by atoms with Crippen molar-refractivity contribution in [2.45, 2.75) is 13.0 Å². The van der Waals surface area contributed by atoms with Crippen LogP contribution in [0.3, 0.4) is 0 Å². The quantitative estimate of drug-likeness (QED) is 0.900. The lowest BCUT2D eigenvalue weighted by molar-refractivity contribution is 0.306. The van der Waals surface area contributed by atoms with Gasteiger partial charge >= 0.3 is 0 Å². The lowest BCUT2D eigenvalue weighted by atomic mass is 10.0. The normalized spacial score (nSPS) is 13.3. The van der Waals surface area contributed by atoms with Crippen molar-refractivity contribution >= 4 is 15.9 Å². The summed E-state index contributed by atoms with van der Waals surface area (Å²) in [5.41, 5.74) is 8.27. The molecule has 0 saturated heterocycles. The highest BCUT2D eigenvalue weighted by atomic mass is 79.9. The molecule has 0 aromatic heterocycles. The first kappa shape index (κ1) is 11.7. The molecular weight excluding hydrogens is 240 g/mol. The van der Waals surface area contributed by atoms with Crippen molar-refractivity contribution in [1.29, 1.82) is 0 Å². The molecule has 1 aromatic rings. The van der Waals surface area contributed by atoms with Crippen LogP contribution in [-0.4, -0.2) is 25.5 Å². The molecule has 2 nitrogen and oxygen atoms in total. The number of rotatable bonds is 3. The molecule has 0 aliphatic heterocycles. The molecule has 1 rings (SSSR count). The summed E-state index contributed by atoms with van der Waals surface area (Å²) in [6.45, 7) is 2.74. The van der Waals surface area contributed by atoms with Gasteiger partial charge in [0.15, 0.2) is 0 Å². The van der Waals surface area contributed by atoms with Crippen LogP contribution in [0.5, 0.6) is 0 Å². The van der Waals surface area contributed by atoms with Crippen LogP contribution in [0.1, 0.15) is 17.2 Å². The molecule has 0 saturated carbocycles. The predicted molar refractivity (Wildman–Crippen MR) is 64.4 cm³/mol. The third-order valence-electron chi connectivity index (χ3n) is 2.41. The lowest BCUT2D eigenvalue weighted by Gasteiger charge is -2.23. The van der Waals surface area contributed by atoms with E-state index in [0.29, 0.717) is 12.6 Å². The first-order valence-electron chi connectivity index (χ1n) is 4.68. The Bertz CT molecular complexity index is 310. The minimum Gasteiger partial charge on any atom is -0.329 e. The molecular formula is C11H17BrN2. The van der Waals surface area contributed by atoms with E-state index in [9.17, 15) is 0 Å². The van der Waals surface area contributed by atoms with Crippen molar-refractivity contribution in [2.75, 3.05) is 20.6 Å². The number of nitrogens with two attached hydrogens (primary N) is 1. The number of likely N-dealkylation sites (N-methyl/N-ethyl adjacent to an activating group) is 1. The van der Waals surface area contributed by atoms with Gasteiger partial charge in [-0.25, -0.2) is 0 Å². The van der Waals surface area contributed by atoms with Crippen LogP contribution in [0.25, 0.3) is 0 Å². The van der Waals surface area contributed by atoms with Gasteiger partial charge in [0, 0.05) is 17.1 Å². The molecule has 14 heavy (non-hydrogen) atoms. The van der Waals surface area contributed by atoms with Crippen molar-refractivity contribution in [3.8, 4) is 0 Å². The van der Waals surface area contributed by atoms with Gasteiger partial charge in [-0.1, -0.05) is 28.1 Å². The van der Waals surface area contributed by atoms with Crippen molar-refractivity contribution in [1.82, 2.24) is 4.90 Å². The van der Waals surface area contributed by atoms with Crippen LogP contribution < -0.4 is 5.73 Å². The van der Waals surface area contributed by atoms with Crippen molar-refractivity contribution in [2.24, 2.45) is 5.73 Å². The fourth-order valence-electron chi connectivity index (χ4n) is 1.52. The average Bonchev–Trinajstić information content (AvgIpc) is 2.11. The minimum atomic E-state index is 0.307. The summed E-state index contributed by atoms with van der Waals surface area (Å²) in [5, 5.41) is 0. The molecule has 0 amide bonds. The summed E-state index contributed by atoms with van der Waals surface area (Å²) in [7, 11) is 4.10. The Morgan fingerprint density at radius 2 is 2.07 bits per heavy atom. The summed E-state index contributed by atoms with van der Waals surface area (Å²) in [5.74, 6) is 0. The smallest absolute Gasteiger partial charge is 0.0464 e. The van der Waals surface area contributed by atoms with Crippen LogP contribution in [0, 0.1) is 6.92 Å². The maximum atomic E-state index is 5.74. The number of nitrogens with zero attached hydrogens (tertiary/aromatic N) is 1. The van der Waals surface area contributed by atoms with E-state index in [1.165, 1.54) is 11.1 Å². The molecule has 0 aliphatic rings. The van der Waals surface area contributed by atoms with Gasteiger partial charge in [-0.2, -0.15) is 0 Å². The van der Waals surface area contributed by atoms with E-state index in [1.807, 2.05) is 0 Å². The van der Waals surface area contributed by atoms with Crippen LogP contribution in [0.2, 0.25) is 0 Å². The van der Waals surface area contributed by atoms with E-state index < -0.39 is 0 Å². The van der Waals surface area contributed by atoms with Gasteiger partial charge in [-0.3, -0.25) is 0 Å². The maximum Gasteiger partial charge on any atom is 0.0464 e. The second-order valence-electron chi connectivity index (χ2n) is 3.72. The van der Waals surface area contributed by atoms with Crippen LogP contribution in [0.4, 0.5) is 0 Å². The van der Waals surface area contributed by atoms with E-state index in [1.54, 1.807) is 0 Å². The highest BCUT2D eigenvalue weighted by Crippen LogP contribution is 2.23. The highest BCUT2D eigenvalue weighted by molar-refractivity contribution is 9.10. The highest BCUT2D eigenvalue weighted by Gasteiger charge is 2.12. The molecule has 0 spiro atoms. The predicted octanol–water partition coefficient (Wildman–Crippen LogP) is 2.32. The number of hydrogen-bond donors (Lipinski definition) is 1. The maximum absolute atomic E-state index is 5.74. The Morgan fingerprint density at radius 1 is 1.43 bits per heavy atom. The third kappa shape index (κ3) is 2.56. The van der Waals surface area contributed by atoms with E-state index in [0.717, 1.165) is 4.47 Å². The summed E-state index contributed by atoms with van der Waals surface area (Å²) >= 11 is 3.49. The number of hydrogen-bond acceptors (Lipinski definition) is 2. The third-order valence-corrected chi connectivity index (χ3v) is 3.30. The SMILES string of the molecule is Cc1cc(C(CN)N(C)C)ccc1Br. The minimum absolute atomic E-state index is 0.307. The summed E-state index contributed by atoms with van der Waals surface area (Å²) in [6, 6.07) is 6.69. The molecule has 1 unspecified atom stereocenters. The molecule has 3 heteroatoms. The average molecular weight is 257 g/mol. The fourth-order valence-corrected chi connectivity index (χ4v) is 1.77. The molecule has 0 bridgehead atoms. The van der Waals surface area contributed by atoms with Gasteiger partial charge in [0.2, 0.25) is 0 Å². The molecule has 1 atom stereocenters. The largest absolute Gasteiger partial charge is 0.329 e. The van der Waals surface area contributed by atoms with Gasteiger partial charge in [-0.15, -0.1) is 0 Å². The van der Waals surface area contributed by atoms with Crippen molar-refractivity contribution in [3.05, 3.63) is 33.8 Å². The summed E-state index contributed by atoms with van der Waals surface area (Å²) < 4.78 is 1.15. The molecule has 1 aromatic carbocycles. The molecule has 0 aliphatic carbocycles. The fraction of sp³-hybridized carbons (Fsp3) is 0.455. The topological polar surface area (TPSA) is 29.3 Å². The molecule has 0 radical (unpaired) electrons. The monoisotopic (exact) mass is 256 g/mol. The Kier molecular flexibility index (Phi) is 4.11. The zero-order valence-corrected chi connectivity index (χ0v) is 10.5. The number of aryl methyl sites for hydroxylation is 1. The standard InChI is InChI=1S/C11H17BrN2/c1-8-6-9(4-5-10(8)12)11(7-13)14(2)3/h4-6,11H,7,13H2,1-3H3. The van der Waals surface area contributed by atoms with Crippen LogP contribution in [-0.2, 0) is 0 Å². The molecule has 0 heterocycles. The number of halogens is 1.